The average Bonchev–Trinajstić information content (AvgIpc) is 2.84. The fraction of sp³-hybridized carbons (Fsp3) is 0.600. The number of nitrogens with one attached hydrogen (secondary N) is 1. The average molecular weight is 221 g/mol. The van der Waals surface area contributed by atoms with E-state index in [1.807, 2.05) is 0 Å². The van der Waals surface area contributed by atoms with Gasteiger partial charge in [-0.3, -0.25) is 0 Å². The van der Waals surface area contributed by atoms with Gasteiger partial charge in [-0.05, 0) is 19.8 Å². The van der Waals surface area contributed by atoms with Crippen molar-refractivity contribution < 1.29 is 4.74 Å². The molecule has 0 spiro atoms. The molecule has 3 N–H and O–H groups in total. The van der Waals surface area contributed by atoms with Gasteiger partial charge in [-0.25, -0.2) is 9.97 Å². The molecule has 0 saturated carbocycles. The third-order valence-electron chi connectivity index (χ3n) is 3.11. The fourth-order valence-corrected chi connectivity index (χ4v) is 2.26. The van der Waals surface area contributed by atoms with E-state index in [4.69, 9.17) is 10.5 Å². The minimum Gasteiger partial charge on any atom is -0.382 e. The summed E-state index contributed by atoms with van der Waals surface area (Å²) in [5.41, 5.74) is 6.60. The number of fused-ring (bicyclic) bond motifs is 1. The van der Waals surface area contributed by atoms with Gasteiger partial charge in [0.05, 0.1) is 12.8 Å². The van der Waals surface area contributed by atoms with E-state index in [0.717, 1.165) is 24.3 Å². The molecule has 86 valence electrons. The molecule has 1 saturated heterocycles. The Labute approximate surface area is 93.8 Å². The Morgan fingerprint density at radius 3 is 3.12 bits per heavy atom. The van der Waals surface area contributed by atoms with Crippen LogP contribution in [-0.2, 0) is 4.74 Å². The lowest BCUT2D eigenvalue weighted by molar-refractivity contribution is 0.0550. The number of hydrogen-bond donors (Lipinski definition) is 2. The summed E-state index contributed by atoms with van der Waals surface area (Å²) in [6.45, 7) is 2.79. The summed E-state index contributed by atoms with van der Waals surface area (Å²) in [7, 11) is 0. The quantitative estimate of drug-likeness (QED) is 0.729. The lowest BCUT2D eigenvalue weighted by atomic mass is 10.2. The number of aromatic nitrogens is 2. The Kier molecular flexibility index (Phi) is 2.10. The molecule has 2 unspecified atom stereocenters. The van der Waals surface area contributed by atoms with Crippen LogP contribution in [-0.4, -0.2) is 29.0 Å². The number of nitrogens with two attached hydrogens (primary N) is 1. The number of anilines is 3. The smallest absolute Gasteiger partial charge is 0.161 e. The molecule has 3 rings (SSSR count). The van der Waals surface area contributed by atoms with Gasteiger partial charge in [0.15, 0.2) is 11.6 Å². The van der Waals surface area contributed by atoms with Crippen molar-refractivity contribution >= 4 is 17.3 Å². The van der Waals surface area contributed by atoms with Crippen LogP contribution in [0.1, 0.15) is 19.8 Å². The Hall–Kier alpha value is -1.56. The standard InChI is InChI=1S/C10H15N5O/c1-6-2-3-7(16-6)15-5-14-8-9(11)12-4-13-10(8)15/h4,6-7,14H,2-3,5H2,1H3,(H2,11,12,13). The van der Waals surface area contributed by atoms with E-state index in [0.29, 0.717) is 18.6 Å². The Morgan fingerprint density at radius 1 is 1.50 bits per heavy atom. The summed E-state index contributed by atoms with van der Waals surface area (Å²) in [4.78, 5) is 10.3. The van der Waals surface area contributed by atoms with Crippen LogP contribution in [0.15, 0.2) is 6.33 Å². The zero-order valence-corrected chi connectivity index (χ0v) is 9.18. The van der Waals surface area contributed by atoms with E-state index in [2.05, 4.69) is 27.1 Å². The van der Waals surface area contributed by atoms with Gasteiger partial charge < -0.3 is 20.7 Å². The monoisotopic (exact) mass is 221 g/mol. The van der Waals surface area contributed by atoms with Crippen LogP contribution in [0.5, 0.6) is 0 Å². The van der Waals surface area contributed by atoms with Gasteiger partial charge in [0.25, 0.3) is 0 Å². The first kappa shape index (κ1) is 9.65. The number of ether oxygens (including phenoxy) is 1. The predicted molar refractivity (Wildman–Crippen MR) is 61.0 cm³/mol. The highest BCUT2D eigenvalue weighted by Crippen LogP contribution is 2.36. The van der Waals surface area contributed by atoms with Crippen molar-refractivity contribution in [2.45, 2.75) is 32.1 Å². The highest BCUT2D eigenvalue weighted by Gasteiger charge is 2.33. The number of nitrogen functional groups attached to an aromatic ring is 1. The maximum Gasteiger partial charge on any atom is 0.161 e. The molecule has 1 fully saturated rings. The highest BCUT2D eigenvalue weighted by molar-refractivity contribution is 5.79. The van der Waals surface area contributed by atoms with E-state index < -0.39 is 0 Å². The van der Waals surface area contributed by atoms with Crippen molar-refractivity contribution in [3.63, 3.8) is 0 Å². The summed E-state index contributed by atoms with van der Waals surface area (Å²) in [6, 6.07) is 0. The van der Waals surface area contributed by atoms with Crippen LogP contribution >= 0.6 is 0 Å². The summed E-state index contributed by atoms with van der Waals surface area (Å²) in [5.74, 6) is 1.35. The number of rotatable bonds is 1. The molecule has 0 radical (unpaired) electrons. The molecule has 6 heteroatoms. The van der Waals surface area contributed by atoms with Gasteiger partial charge >= 0.3 is 0 Å². The van der Waals surface area contributed by atoms with Crippen LogP contribution < -0.4 is 16.0 Å². The van der Waals surface area contributed by atoms with Crippen molar-refractivity contribution in [3.8, 4) is 0 Å². The molecule has 0 aromatic carbocycles. The fourth-order valence-electron chi connectivity index (χ4n) is 2.26. The Morgan fingerprint density at radius 2 is 2.38 bits per heavy atom. The summed E-state index contributed by atoms with van der Waals surface area (Å²) >= 11 is 0. The lowest BCUT2D eigenvalue weighted by Crippen LogP contribution is -2.35. The van der Waals surface area contributed by atoms with Gasteiger partial charge in [-0.1, -0.05) is 0 Å². The summed E-state index contributed by atoms with van der Waals surface area (Å²) < 4.78 is 5.83. The minimum absolute atomic E-state index is 0.109. The van der Waals surface area contributed by atoms with Crippen molar-refractivity contribution in [1.29, 1.82) is 0 Å². The molecule has 2 aliphatic rings. The molecule has 0 bridgehead atoms. The Bertz CT molecular complexity index is 410. The maximum absolute atomic E-state index is 5.83. The van der Waals surface area contributed by atoms with Gasteiger partial charge in [-0.15, -0.1) is 0 Å². The molecule has 16 heavy (non-hydrogen) atoms. The molecular weight excluding hydrogens is 206 g/mol. The first-order valence-electron chi connectivity index (χ1n) is 5.52. The normalized spacial score (nSPS) is 27.9. The molecule has 1 aromatic rings. The van der Waals surface area contributed by atoms with E-state index >= 15 is 0 Å². The van der Waals surface area contributed by atoms with Crippen LogP contribution in [0.4, 0.5) is 17.3 Å². The van der Waals surface area contributed by atoms with Crippen LogP contribution in [0.3, 0.4) is 0 Å². The molecule has 0 aliphatic carbocycles. The van der Waals surface area contributed by atoms with Gasteiger partial charge in [-0.2, -0.15) is 0 Å². The first-order chi connectivity index (χ1) is 7.75. The molecular formula is C10H15N5O. The topological polar surface area (TPSA) is 76.3 Å². The molecule has 2 atom stereocenters. The van der Waals surface area contributed by atoms with E-state index in [9.17, 15) is 0 Å². The number of nitrogens with zero attached hydrogens (tertiary/aromatic N) is 3. The van der Waals surface area contributed by atoms with Crippen LogP contribution in [0, 0.1) is 0 Å². The highest BCUT2D eigenvalue weighted by atomic mass is 16.5. The van der Waals surface area contributed by atoms with E-state index in [1.165, 1.54) is 6.33 Å². The molecule has 3 heterocycles. The molecule has 2 aliphatic heterocycles. The van der Waals surface area contributed by atoms with Crippen LogP contribution in [0.2, 0.25) is 0 Å². The summed E-state index contributed by atoms with van der Waals surface area (Å²) in [6.07, 6.45) is 4.06. The van der Waals surface area contributed by atoms with E-state index in [-0.39, 0.29) is 6.23 Å². The molecule has 0 amide bonds. The van der Waals surface area contributed by atoms with Crippen molar-refractivity contribution in [2.75, 3.05) is 22.6 Å². The second-order valence-corrected chi connectivity index (χ2v) is 4.24. The maximum atomic E-state index is 5.83. The second-order valence-electron chi connectivity index (χ2n) is 4.24. The molecule has 1 aromatic heterocycles. The second kappa shape index (κ2) is 3.48. The van der Waals surface area contributed by atoms with Crippen molar-refractivity contribution in [1.82, 2.24) is 9.97 Å². The third kappa shape index (κ3) is 1.37. The minimum atomic E-state index is 0.109. The SMILES string of the molecule is CC1CCC(N2CNc3c(N)ncnc32)O1. The van der Waals surface area contributed by atoms with Gasteiger partial charge in [0.1, 0.15) is 18.2 Å². The predicted octanol–water partition coefficient (Wildman–Crippen LogP) is 0.773. The lowest BCUT2D eigenvalue weighted by Gasteiger charge is -2.24. The van der Waals surface area contributed by atoms with Gasteiger partial charge in [0.2, 0.25) is 0 Å². The zero-order valence-electron chi connectivity index (χ0n) is 9.18. The number of hydrogen-bond acceptors (Lipinski definition) is 6. The summed E-state index contributed by atoms with van der Waals surface area (Å²) in [5, 5.41) is 3.21. The zero-order chi connectivity index (χ0) is 11.1. The van der Waals surface area contributed by atoms with E-state index in [1.54, 1.807) is 0 Å². The van der Waals surface area contributed by atoms with Crippen molar-refractivity contribution in [2.24, 2.45) is 0 Å². The Balaban J connectivity index is 1.89. The van der Waals surface area contributed by atoms with Gasteiger partial charge in [0, 0.05) is 0 Å². The third-order valence-corrected chi connectivity index (χ3v) is 3.11. The first-order valence-corrected chi connectivity index (χ1v) is 5.52. The van der Waals surface area contributed by atoms with Crippen molar-refractivity contribution in [3.05, 3.63) is 6.33 Å². The molecule has 6 nitrogen and oxygen atoms in total. The van der Waals surface area contributed by atoms with Crippen LogP contribution in [0.25, 0.3) is 0 Å². The largest absolute Gasteiger partial charge is 0.382 e.